The number of para-hydroxylation sites is 1. The van der Waals surface area contributed by atoms with E-state index in [9.17, 15) is 13.2 Å². The number of hydrogen-bond donors (Lipinski definition) is 2. The number of ether oxygens (including phenoxy) is 1. The van der Waals surface area contributed by atoms with Crippen molar-refractivity contribution in [2.45, 2.75) is 19.3 Å². The Labute approximate surface area is 234 Å². The third-order valence-corrected chi connectivity index (χ3v) is 6.09. The summed E-state index contributed by atoms with van der Waals surface area (Å²) in [6.45, 7) is 1.06. The minimum Gasteiger partial charge on any atom is -0.507 e. The van der Waals surface area contributed by atoms with Gasteiger partial charge in [-0.05, 0) is 42.0 Å². The van der Waals surface area contributed by atoms with Crippen molar-refractivity contribution >= 4 is 51.2 Å². The quantitative estimate of drug-likeness (QED) is 0.231. The van der Waals surface area contributed by atoms with E-state index in [0.717, 1.165) is 17.2 Å². The van der Waals surface area contributed by atoms with Crippen LogP contribution in [0.1, 0.15) is 27.6 Å². The van der Waals surface area contributed by atoms with Crippen LogP contribution in [0.4, 0.5) is 0 Å². The molecule has 0 aliphatic heterocycles. The Morgan fingerprint density at radius 3 is 2.29 bits per heavy atom. The third kappa shape index (κ3) is 9.32. The number of phenols is 1. The largest absolute Gasteiger partial charge is 0.507 e. The van der Waals surface area contributed by atoms with Gasteiger partial charge in [-0.25, -0.2) is 9.78 Å². The monoisotopic (exact) mass is 598 g/mol. The predicted octanol–water partition coefficient (Wildman–Crippen LogP) is 6.15. The van der Waals surface area contributed by atoms with Crippen molar-refractivity contribution in [1.82, 2.24) is 9.55 Å². The maximum atomic E-state index is 11.0. The number of aromatic hydroxyl groups is 1. The Balaban J connectivity index is 0.000000244. The number of phenolic OH excluding ortho intramolecular Hbond substituents is 1. The van der Waals surface area contributed by atoms with E-state index in [1.54, 1.807) is 18.6 Å². The number of nitrogens with zero attached hydrogens (tertiary/aromatic N) is 2. The Morgan fingerprint density at radius 2 is 1.68 bits per heavy atom. The fraction of sp³-hybridized carbons (Fsp3) is 0.120. The Kier molecular flexibility index (Phi) is 10.5. The van der Waals surface area contributed by atoms with Gasteiger partial charge >= 0.3 is 16.4 Å². The van der Waals surface area contributed by atoms with Gasteiger partial charge in [-0.3, -0.25) is 4.55 Å². The molecule has 0 amide bonds. The van der Waals surface area contributed by atoms with Crippen molar-refractivity contribution in [2.24, 2.45) is 0 Å². The maximum absolute atomic E-state index is 11.0. The van der Waals surface area contributed by atoms with E-state index >= 15 is 0 Å². The summed E-state index contributed by atoms with van der Waals surface area (Å²) in [5.41, 5.74) is 1.59. The molecule has 0 unspecified atom stereocenters. The van der Waals surface area contributed by atoms with E-state index in [1.807, 2.05) is 47.2 Å². The van der Waals surface area contributed by atoms with E-state index in [2.05, 4.69) is 9.17 Å². The van der Waals surface area contributed by atoms with E-state index in [4.69, 9.17) is 49.2 Å². The highest BCUT2D eigenvalue weighted by Crippen LogP contribution is 2.30. The zero-order valence-corrected chi connectivity index (χ0v) is 22.5. The molecule has 0 radical (unpaired) electrons. The SMILES string of the molecule is Clc1ccc(CO[C@@H](Cn2ccnc2)c2ccc(Cl)cc2Cl)cc1.O=C(OS(=O)(=O)O)c1ccccc1O. The first-order valence-electron chi connectivity index (χ1n) is 10.8. The zero-order chi connectivity index (χ0) is 27.7. The summed E-state index contributed by atoms with van der Waals surface area (Å²) in [6, 6.07) is 18.2. The smallest absolute Gasteiger partial charge is 0.449 e. The van der Waals surface area contributed by atoms with Gasteiger partial charge < -0.3 is 18.6 Å². The first-order chi connectivity index (χ1) is 18.0. The molecule has 0 saturated carbocycles. The standard InChI is InChI=1S/C18H15Cl3N2O.C7H6O6S/c19-14-3-1-13(2-4-14)11-24-18(10-23-8-7-22-12-23)16-6-5-15(20)9-17(16)21;8-6-4-2-1-3-5(6)7(9)13-14(10,11)12/h1-9,12,18H,10-11H2;1-4,8H,(H,10,11,12)/t18-;/m0./s1. The van der Waals surface area contributed by atoms with Crippen molar-refractivity contribution in [1.29, 1.82) is 0 Å². The van der Waals surface area contributed by atoms with E-state index in [0.29, 0.717) is 28.2 Å². The summed E-state index contributed by atoms with van der Waals surface area (Å²) in [7, 11) is -4.85. The van der Waals surface area contributed by atoms with Crippen molar-refractivity contribution in [2.75, 3.05) is 0 Å². The number of rotatable bonds is 8. The normalized spacial score (nSPS) is 11.8. The number of carbonyl (C=O) groups is 1. The average molecular weight is 600 g/mol. The van der Waals surface area contributed by atoms with Crippen LogP contribution < -0.4 is 0 Å². The van der Waals surface area contributed by atoms with Gasteiger partial charge in [0.2, 0.25) is 0 Å². The second kappa shape index (κ2) is 13.6. The van der Waals surface area contributed by atoms with Gasteiger partial charge in [-0.1, -0.05) is 65.1 Å². The Morgan fingerprint density at radius 1 is 1.00 bits per heavy atom. The lowest BCUT2D eigenvalue weighted by Crippen LogP contribution is -2.12. The molecule has 38 heavy (non-hydrogen) atoms. The van der Waals surface area contributed by atoms with Crippen molar-refractivity contribution in [3.8, 4) is 5.75 Å². The molecule has 1 aromatic heterocycles. The van der Waals surface area contributed by atoms with Gasteiger partial charge in [0.25, 0.3) is 0 Å². The molecular weight excluding hydrogens is 579 g/mol. The molecule has 13 heteroatoms. The summed E-state index contributed by atoms with van der Waals surface area (Å²) >= 11 is 18.3. The lowest BCUT2D eigenvalue weighted by Gasteiger charge is -2.20. The van der Waals surface area contributed by atoms with Crippen molar-refractivity contribution in [3.63, 3.8) is 0 Å². The van der Waals surface area contributed by atoms with Crippen LogP contribution in [0.2, 0.25) is 15.1 Å². The lowest BCUT2D eigenvalue weighted by atomic mass is 10.1. The average Bonchev–Trinajstić information content (AvgIpc) is 3.36. The van der Waals surface area contributed by atoms with Crippen LogP contribution in [0.25, 0.3) is 0 Å². The van der Waals surface area contributed by atoms with Gasteiger partial charge in [0, 0.05) is 33.0 Å². The maximum Gasteiger partial charge on any atom is 0.449 e. The predicted molar refractivity (Wildman–Crippen MR) is 143 cm³/mol. The molecule has 0 fully saturated rings. The van der Waals surface area contributed by atoms with E-state index in [1.165, 1.54) is 18.2 Å². The molecule has 3 aromatic carbocycles. The van der Waals surface area contributed by atoms with Crippen molar-refractivity contribution in [3.05, 3.63) is 117 Å². The van der Waals surface area contributed by atoms with Crippen LogP contribution in [0.3, 0.4) is 0 Å². The number of carbonyl (C=O) groups excluding carboxylic acids is 1. The molecule has 200 valence electrons. The van der Waals surface area contributed by atoms with Gasteiger partial charge in [0.05, 0.1) is 19.5 Å². The molecule has 0 aliphatic rings. The van der Waals surface area contributed by atoms with Crippen LogP contribution in [0.15, 0.2) is 85.5 Å². The number of aromatic nitrogens is 2. The molecule has 0 spiro atoms. The highest BCUT2D eigenvalue weighted by atomic mass is 35.5. The molecular formula is C25H21Cl3N2O7S. The number of halogens is 3. The molecule has 1 heterocycles. The summed E-state index contributed by atoms with van der Waals surface area (Å²) in [4.78, 5) is 15.0. The molecule has 0 saturated heterocycles. The van der Waals surface area contributed by atoms with Gasteiger partial charge in [0.15, 0.2) is 0 Å². The molecule has 9 nitrogen and oxygen atoms in total. The van der Waals surface area contributed by atoms with Gasteiger partial charge in [-0.2, -0.15) is 8.42 Å². The highest BCUT2D eigenvalue weighted by molar-refractivity contribution is 7.81. The number of hydrogen-bond acceptors (Lipinski definition) is 7. The van der Waals surface area contributed by atoms with E-state index < -0.39 is 22.1 Å². The second-order valence-corrected chi connectivity index (χ2v) is 9.97. The minimum atomic E-state index is -4.85. The third-order valence-electron chi connectivity index (χ3n) is 4.91. The van der Waals surface area contributed by atoms with Gasteiger partial charge in [-0.15, -0.1) is 0 Å². The lowest BCUT2D eigenvalue weighted by molar-refractivity contribution is 0.0280. The fourth-order valence-electron chi connectivity index (χ4n) is 3.15. The molecule has 4 aromatic rings. The number of imidazole rings is 1. The van der Waals surface area contributed by atoms with Gasteiger partial charge in [0.1, 0.15) is 17.4 Å². The molecule has 4 rings (SSSR count). The van der Waals surface area contributed by atoms with Crippen LogP contribution >= 0.6 is 34.8 Å². The van der Waals surface area contributed by atoms with Crippen LogP contribution in [0, 0.1) is 0 Å². The molecule has 0 bridgehead atoms. The molecule has 0 aliphatic carbocycles. The van der Waals surface area contributed by atoms with Crippen LogP contribution in [0.5, 0.6) is 5.75 Å². The summed E-state index contributed by atoms with van der Waals surface area (Å²) in [5.74, 6) is -1.77. The Bertz CT molecular complexity index is 1460. The van der Waals surface area contributed by atoms with Crippen LogP contribution in [-0.2, 0) is 32.5 Å². The minimum absolute atomic E-state index is 0.223. The summed E-state index contributed by atoms with van der Waals surface area (Å²) in [6.07, 6.45) is 5.16. The fourth-order valence-corrected chi connectivity index (χ4v) is 4.09. The first-order valence-corrected chi connectivity index (χ1v) is 13.3. The number of benzene rings is 3. The highest BCUT2D eigenvalue weighted by Gasteiger charge is 2.18. The first kappa shape index (κ1) is 29.4. The van der Waals surface area contributed by atoms with Crippen molar-refractivity contribution < 1.29 is 31.8 Å². The topological polar surface area (TPSA) is 128 Å². The Hall–Kier alpha value is -3.12. The molecule has 1 atom stereocenters. The summed E-state index contributed by atoms with van der Waals surface area (Å²) < 4.78 is 40.2. The zero-order valence-electron chi connectivity index (χ0n) is 19.4. The second-order valence-electron chi connectivity index (χ2n) is 7.67. The summed E-state index contributed by atoms with van der Waals surface area (Å²) in [5, 5.41) is 11.0. The molecule has 2 N–H and O–H groups in total. The van der Waals surface area contributed by atoms with E-state index in [-0.39, 0.29) is 11.7 Å². The van der Waals surface area contributed by atoms with Crippen LogP contribution in [-0.4, -0.2) is 33.6 Å².